The zero-order valence-electron chi connectivity index (χ0n) is 12.0. The van der Waals surface area contributed by atoms with Crippen molar-refractivity contribution in [2.45, 2.75) is 19.4 Å². The van der Waals surface area contributed by atoms with Crippen LogP contribution in [0.4, 0.5) is 10.1 Å². The molecule has 0 fully saturated rings. The number of carboxylic acid groups (broad SMARTS) is 1. The molecular weight excluding hydrogens is 289 g/mol. The minimum Gasteiger partial charge on any atom is -0.479 e. The second-order valence-corrected chi connectivity index (χ2v) is 5.21. The van der Waals surface area contributed by atoms with E-state index in [9.17, 15) is 14.3 Å². The van der Waals surface area contributed by atoms with Crippen LogP contribution < -0.4 is 5.32 Å². The SMILES string of the molecule is Cc1cc(F)cc2c(NCC(C)(O)C(=O)O)c(C#N)cnc12. The number of carboxylic acids is 1. The lowest BCUT2D eigenvalue weighted by molar-refractivity contribution is -0.155. The molecule has 2 rings (SSSR count). The molecule has 0 bridgehead atoms. The van der Waals surface area contributed by atoms with E-state index in [-0.39, 0.29) is 17.8 Å². The molecule has 0 spiro atoms. The van der Waals surface area contributed by atoms with Crippen molar-refractivity contribution in [1.29, 1.82) is 5.26 Å². The van der Waals surface area contributed by atoms with Gasteiger partial charge in [-0.15, -0.1) is 0 Å². The van der Waals surface area contributed by atoms with Gasteiger partial charge in [0.2, 0.25) is 0 Å². The van der Waals surface area contributed by atoms with Crippen LogP contribution in [0.2, 0.25) is 0 Å². The normalized spacial score (nSPS) is 13.4. The van der Waals surface area contributed by atoms with Crippen molar-refractivity contribution in [2.75, 3.05) is 11.9 Å². The molecule has 1 aromatic carbocycles. The van der Waals surface area contributed by atoms with Gasteiger partial charge in [0.25, 0.3) is 0 Å². The number of rotatable bonds is 4. The molecule has 1 aromatic heterocycles. The number of fused-ring (bicyclic) bond motifs is 1. The molecule has 0 aliphatic rings. The summed E-state index contributed by atoms with van der Waals surface area (Å²) in [5.41, 5.74) is -0.550. The summed E-state index contributed by atoms with van der Waals surface area (Å²) < 4.78 is 13.6. The van der Waals surface area contributed by atoms with Crippen LogP contribution in [0.3, 0.4) is 0 Å². The summed E-state index contributed by atoms with van der Waals surface area (Å²) in [7, 11) is 0. The molecule has 0 amide bonds. The first-order valence-corrected chi connectivity index (χ1v) is 6.45. The lowest BCUT2D eigenvalue weighted by Crippen LogP contribution is -2.42. The van der Waals surface area contributed by atoms with E-state index in [1.54, 1.807) is 6.92 Å². The Hall–Kier alpha value is -2.72. The van der Waals surface area contributed by atoms with Crippen LogP contribution in [-0.2, 0) is 4.79 Å². The smallest absolute Gasteiger partial charge is 0.337 e. The number of halogens is 1. The summed E-state index contributed by atoms with van der Waals surface area (Å²) in [6.07, 6.45) is 1.32. The summed E-state index contributed by atoms with van der Waals surface area (Å²) in [6.45, 7) is 2.47. The van der Waals surface area contributed by atoms with Gasteiger partial charge in [-0.25, -0.2) is 9.18 Å². The summed E-state index contributed by atoms with van der Waals surface area (Å²) in [5, 5.41) is 30.9. The summed E-state index contributed by atoms with van der Waals surface area (Å²) in [6, 6.07) is 4.45. The Morgan fingerprint density at radius 1 is 1.55 bits per heavy atom. The number of nitriles is 1. The number of aliphatic hydroxyl groups is 1. The quantitative estimate of drug-likeness (QED) is 0.795. The maximum atomic E-state index is 13.6. The number of hydrogen-bond donors (Lipinski definition) is 3. The number of pyridine rings is 1. The Labute approximate surface area is 125 Å². The largest absolute Gasteiger partial charge is 0.479 e. The van der Waals surface area contributed by atoms with E-state index in [2.05, 4.69) is 10.3 Å². The predicted molar refractivity (Wildman–Crippen MR) is 77.9 cm³/mol. The minimum absolute atomic E-state index is 0.138. The number of anilines is 1. The van der Waals surface area contributed by atoms with E-state index in [1.807, 2.05) is 6.07 Å². The van der Waals surface area contributed by atoms with Gasteiger partial charge < -0.3 is 15.5 Å². The number of nitrogens with one attached hydrogen (secondary N) is 1. The van der Waals surface area contributed by atoms with Crippen molar-refractivity contribution in [2.24, 2.45) is 0 Å². The Morgan fingerprint density at radius 2 is 2.23 bits per heavy atom. The molecule has 3 N–H and O–H groups in total. The number of aliphatic carboxylic acids is 1. The van der Waals surface area contributed by atoms with E-state index in [4.69, 9.17) is 10.4 Å². The van der Waals surface area contributed by atoms with E-state index >= 15 is 0 Å². The Bertz CT molecular complexity index is 797. The van der Waals surface area contributed by atoms with Crippen molar-refractivity contribution in [1.82, 2.24) is 4.98 Å². The van der Waals surface area contributed by atoms with E-state index in [0.29, 0.717) is 16.5 Å². The average molecular weight is 303 g/mol. The molecule has 1 unspecified atom stereocenters. The Morgan fingerprint density at radius 3 is 2.82 bits per heavy atom. The number of aromatic nitrogens is 1. The highest BCUT2D eigenvalue weighted by atomic mass is 19.1. The first kappa shape index (κ1) is 15.7. The average Bonchev–Trinajstić information content (AvgIpc) is 2.44. The molecule has 0 saturated carbocycles. The molecule has 1 atom stereocenters. The third-order valence-corrected chi connectivity index (χ3v) is 3.32. The van der Waals surface area contributed by atoms with E-state index in [0.717, 1.165) is 6.92 Å². The fourth-order valence-electron chi connectivity index (χ4n) is 2.05. The molecule has 0 saturated heterocycles. The minimum atomic E-state index is -2.02. The number of hydrogen-bond acceptors (Lipinski definition) is 5. The molecule has 7 heteroatoms. The van der Waals surface area contributed by atoms with Gasteiger partial charge in [0.15, 0.2) is 5.60 Å². The molecule has 1 heterocycles. The number of aryl methyl sites for hydroxylation is 1. The van der Waals surface area contributed by atoms with E-state index in [1.165, 1.54) is 18.3 Å². The first-order valence-electron chi connectivity index (χ1n) is 6.45. The van der Waals surface area contributed by atoms with Gasteiger partial charge in [-0.2, -0.15) is 5.26 Å². The third kappa shape index (κ3) is 2.82. The Balaban J connectivity index is 2.56. The lowest BCUT2D eigenvalue weighted by atomic mass is 10.0. The van der Waals surface area contributed by atoms with Crippen molar-refractivity contribution < 1.29 is 19.4 Å². The van der Waals surface area contributed by atoms with Crippen molar-refractivity contribution in [3.8, 4) is 6.07 Å². The standard InChI is InChI=1S/C15H14FN3O3/c1-8-3-10(16)4-11-12(8)18-6-9(5-17)13(11)19-7-15(2,22)14(20)21/h3-4,6,22H,7H2,1-2H3,(H,18,19)(H,20,21). The van der Waals surface area contributed by atoms with Gasteiger partial charge in [0.1, 0.15) is 11.9 Å². The second kappa shape index (κ2) is 5.58. The molecule has 0 radical (unpaired) electrons. The third-order valence-electron chi connectivity index (χ3n) is 3.32. The van der Waals surface area contributed by atoms with Gasteiger partial charge in [-0.1, -0.05) is 0 Å². The van der Waals surface area contributed by atoms with Crippen LogP contribution in [0.1, 0.15) is 18.1 Å². The monoisotopic (exact) mass is 303 g/mol. The van der Waals surface area contributed by atoms with Gasteiger partial charge in [0.05, 0.1) is 23.3 Å². The van der Waals surface area contributed by atoms with Crippen LogP contribution in [0.15, 0.2) is 18.3 Å². The predicted octanol–water partition coefficient (Wildman–Crippen LogP) is 1.80. The number of carbonyl (C=O) groups is 1. The maximum absolute atomic E-state index is 13.6. The highest BCUT2D eigenvalue weighted by Gasteiger charge is 2.30. The zero-order valence-corrected chi connectivity index (χ0v) is 12.0. The summed E-state index contributed by atoms with van der Waals surface area (Å²) in [4.78, 5) is 15.1. The summed E-state index contributed by atoms with van der Waals surface area (Å²) in [5.74, 6) is -1.89. The summed E-state index contributed by atoms with van der Waals surface area (Å²) >= 11 is 0. The lowest BCUT2D eigenvalue weighted by Gasteiger charge is -2.20. The Kier molecular flexibility index (Phi) is 3.97. The highest BCUT2D eigenvalue weighted by molar-refractivity contribution is 5.95. The van der Waals surface area contributed by atoms with Gasteiger partial charge >= 0.3 is 5.97 Å². The molecule has 22 heavy (non-hydrogen) atoms. The van der Waals surface area contributed by atoms with Crippen LogP contribution in [0, 0.1) is 24.1 Å². The van der Waals surface area contributed by atoms with Gasteiger partial charge in [-0.05, 0) is 31.5 Å². The van der Waals surface area contributed by atoms with Gasteiger partial charge in [0, 0.05) is 11.6 Å². The van der Waals surface area contributed by atoms with Crippen LogP contribution in [-0.4, -0.2) is 33.3 Å². The highest BCUT2D eigenvalue weighted by Crippen LogP contribution is 2.29. The number of nitrogens with zero attached hydrogens (tertiary/aromatic N) is 2. The molecule has 0 aliphatic carbocycles. The molecular formula is C15H14FN3O3. The fourth-order valence-corrected chi connectivity index (χ4v) is 2.05. The molecule has 2 aromatic rings. The van der Waals surface area contributed by atoms with Crippen molar-refractivity contribution >= 4 is 22.6 Å². The topological polar surface area (TPSA) is 106 Å². The zero-order chi connectivity index (χ0) is 16.5. The molecule has 0 aliphatic heterocycles. The second-order valence-electron chi connectivity index (χ2n) is 5.21. The fraction of sp³-hybridized carbons (Fsp3) is 0.267. The molecule has 6 nitrogen and oxygen atoms in total. The van der Waals surface area contributed by atoms with Gasteiger partial charge in [-0.3, -0.25) is 4.98 Å². The first-order chi connectivity index (χ1) is 10.3. The van der Waals surface area contributed by atoms with E-state index < -0.39 is 17.4 Å². The maximum Gasteiger partial charge on any atom is 0.337 e. The van der Waals surface area contributed by atoms with Crippen molar-refractivity contribution in [3.63, 3.8) is 0 Å². The van der Waals surface area contributed by atoms with Crippen LogP contribution in [0.25, 0.3) is 10.9 Å². The molecule has 114 valence electrons. The van der Waals surface area contributed by atoms with Crippen molar-refractivity contribution in [3.05, 3.63) is 35.3 Å². The number of benzene rings is 1. The van der Waals surface area contributed by atoms with Crippen LogP contribution >= 0.6 is 0 Å². The van der Waals surface area contributed by atoms with Crippen LogP contribution in [0.5, 0.6) is 0 Å².